The van der Waals surface area contributed by atoms with E-state index >= 15 is 0 Å². The predicted octanol–water partition coefficient (Wildman–Crippen LogP) is 4.40. The molecule has 0 bridgehead atoms. The van der Waals surface area contributed by atoms with Gasteiger partial charge in [0.05, 0.1) is 23.1 Å². The Morgan fingerprint density at radius 3 is 2.59 bits per heavy atom. The number of aromatic nitrogens is 2. The van der Waals surface area contributed by atoms with Crippen molar-refractivity contribution in [1.29, 1.82) is 0 Å². The van der Waals surface area contributed by atoms with Crippen molar-refractivity contribution in [2.45, 2.75) is 0 Å². The summed E-state index contributed by atoms with van der Waals surface area (Å²) in [6.45, 7) is 0. The number of carbonyl (C=O) groups is 1. The molecule has 0 atom stereocenters. The van der Waals surface area contributed by atoms with Gasteiger partial charge < -0.3 is 15.0 Å². The van der Waals surface area contributed by atoms with Crippen molar-refractivity contribution < 1.29 is 14.5 Å². The highest BCUT2D eigenvalue weighted by molar-refractivity contribution is 6.07. The summed E-state index contributed by atoms with van der Waals surface area (Å²) in [7, 11) is 1.61. The average Bonchev–Trinajstić information content (AvgIpc) is 3.17. The van der Waals surface area contributed by atoms with Crippen LogP contribution in [0.1, 0.15) is 10.4 Å². The number of nitro benzene ring substituents is 1. The average molecular weight is 388 g/mol. The molecule has 0 aliphatic carbocycles. The Bertz CT molecular complexity index is 1220. The van der Waals surface area contributed by atoms with Gasteiger partial charge in [-0.05, 0) is 48.5 Å². The van der Waals surface area contributed by atoms with Crippen LogP contribution in [0.3, 0.4) is 0 Å². The van der Waals surface area contributed by atoms with E-state index in [0.29, 0.717) is 11.5 Å². The first-order valence-corrected chi connectivity index (χ1v) is 8.74. The molecule has 1 amide bonds. The maximum Gasteiger partial charge on any atom is 0.282 e. The Balaban J connectivity index is 1.61. The molecule has 0 unspecified atom stereocenters. The van der Waals surface area contributed by atoms with Gasteiger partial charge in [0.15, 0.2) is 0 Å². The van der Waals surface area contributed by atoms with Gasteiger partial charge in [0, 0.05) is 17.3 Å². The summed E-state index contributed by atoms with van der Waals surface area (Å²) in [6, 6.07) is 18.5. The molecule has 0 radical (unpaired) electrons. The first kappa shape index (κ1) is 18.2. The third kappa shape index (κ3) is 3.63. The van der Waals surface area contributed by atoms with Crippen LogP contribution in [0.15, 0.2) is 66.7 Å². The number of nitrogens with zero attached hydrogens (tertiary/aromatic N) is 2. The highest BCUT2D eigenvalue weighted by Crippen LogP contribution is 2.25. The Hall–Kier alpha value is -4.20. The zero-order chi connectivity index (χ0) is 20.4. The minimum absolute atomic E-state index is 0.00105. The van der Waals surface area contributed by atoms with Gasteiger partial charge in [-0.25, -0.2) is 4.98 Å². The summed E-state index contributed by atoms with van der Waals surface area (Å²) in [5.74, 6) is 0.890. The second-order valence-electron chi connectivity index (χ2n) is 6.27. The van der Waals surface area contributed by atoms with Crippen molar-refractivity contribution in [2.24, 2.45) is 0 Å². The van der Waals surface area contributed by atoms with Crippen LogP contribution in [-0.2, 0) is 0 Å². The molecule has 0 saturated carbocycles. The van der Waals surface area contributed by atoms with Gasteiger partial charge in [-0.2, -0.15) is 0 Å². The van der Waals surface area contributed by atoms with Crippen molar-refractivity contribution in [3.63, 3.8) is 0 Å². The fraction of sp³-hybridized carbons (Fsp3) is 0.0476. The first-order valence-electron chi connectivity index (χ1n) is 8.74. The Morgan fingerprint density at radius 1 is 1.10 bits per heavy atom. The largest absolute Gasteiger partial charge is 0.497 e. The number of ether oxygens (including phenoxy) is 1. The van der Waals surface area contributed by atoms with Crippen molar-refractivity contribution in [1.82, 2.24) is 9.97 Å². The number of H-pyrrole nitrogens is 1. The number of benzene rings is 3. The number of imidazole rings is 1. The number of hydrogen-bond acceptors (Lipinski definition) is 5. The molecule has 29 heavy (non-hydrogen) atoms. The van der Waals surface area contributed by atoms with E-state index in [1.807, 2.05) is 24.3 Å². The lowest BCUT2D eigenvalue weighted by molar-refractivity contribution is -0.385. The summed E-state index contributed by atoms with van der Waals surface area (Å²) < 4.78 is 5.16. The van der Waals surface area contributed by atoms with Crippen molar-refractivity contribution in [3.05, 3.63) is 82.4 Å². The molecular weight excluding hydrogens is 372 g/mol. The van der Waals surface area contributed by atoms with Gasteiger partial charge in [-0.15, -0.1) is 0 Å². The van der Waals surface area contributed by atoms with Crippen molar-refractivity contribution >= 4 is 28.3 Å². The van der Waals surface area contributed by atoms with E-state index in [1.54, 1.807) is 31.4 Å². The lowest BCUT2D eigenvalue weighted by Crippen LogP contribution is -2.13. The number of fused-ring (bicyclic) bond motifs is 1. The zero-order valence-corrected chi connectivity index (χ0v) is 15.4. The van der Waals surface area contributed by atoms with E-state index in [4.69, 9.17) is 4.74 Å². The predicted molar refractivity (Wildman–Crippen MR) is 109 cm³/mol. The number of aromatic amines is 1. The molecule has 4 aromatic rings. The molecule has 4 rings (SSSR count). The van der Waals surface area contributed by atoms with E-state index < -0.39 is 10.8 Å². The molecule has 0 aliphatic heterocycles. The van der Waals surface area contributed by atoms with Crippen LogP contribution in [0.5, 0.6) is 5.75 Å². The molecule has 8 nitrogen and oxygen atoms in total. The second kappa shape index (κ2) is 7.43. The van der Waals surface area contributed by atoms with Gasteiger partial charge in [0.1, 0.15) is 17.1 Å². The van der Waals surface area contributed by atoms with E-state index in [0.717, 1.165) is 22.3 Å². The van der Waals surface area contributed by atoms with Crippen LogP contribution in [0.4, 0.5) is 11.4 Å². The van der Waals surface area contributed by atoms with Crippen molar-refractivity contribution in [3.8, 4) is 17.1 Å². The van der Waals surface area contributed by atoms with Gasteiger partial charge in [0.25, 0.3) is 11.6 Å². The molecule has 1 aromatic heterocycles. The fourth-order valence-corrected chi connectivity index (χ4v) is 3.00. The van der Waals surface area contributed by atoms with E-state index in [9.17, 15) is 14.9 Å². The second-order valence-corrected chi connectivity index (χ2v) is 6.27. The maximum atomic E-state index is 12.5. The standard InChI is InChI=1S/C21H16N4O4/c1-29-15-9-6-13(7-10-15)20-23-17-11-8-14(12-18(17)24-20)22-21(26)16-4-2-3-5-19(16)25(27)28/h2-12H,1H3,(H,22,26)(H,23,24). The third-order valence-corrected chi connectivity index (χ3v) is 4.45. The number of anilines is 1. The monoisotopic (exact) mass is 388 g/mol. The Labute approximate surface area is 165 Å². The van der Waals surface area contributed by atoms with E-state index in [1.165, 1.54) is 18.2 Å². The highest BCUT2D eigenvalue weighted by atomic mass is 16.6. The molecule has 0 saturated heterocycles. The van der Waals surface area contributed by atoms with Gasteiger partial charge in [-0.1, -0.05) is 12.1 Å². The Morgan fingerprint density at radius 2 is 1.86 bits per heavy atom. The summed E-state index contributed by atoms with van der Waals surface area (Å²) in [6.07, 6.45) is 0. The summed E-state index contributed by atoms with van der Waals surface area (Å²) in [5, 5.41) is 13.8. The molecule has 0 aliphatic rings. The molecule has 2 N–H and O–H groups in total. The number of carbonyl (C=O) groups excluding carboxylic acids is 1. The lowest BCUT2D eigenvalue weighted by Gasteiger charge is -2.05. The van der Waals surface area contributed by atoms with Crippen LogP contribution in [0, 0.1) is 10.1 Å². The summed E-state index contributed by atoms with van der Waals surface area (Å²) in [5.41, 5.74) is 2.63. The van der Waals surface area contributed by atoms with Crippen LogP contribution < -0.4 is 10.1 Å². The van der Waals surface area contributed by atoms with Crippen LogP contribution in [0.2, 0.25) is 0 Å². The van der Waals surface area contributed by atoms with Crippen molar-refractivity contribution in [2.75, 3.05) is 12.4 Å². The summed E-state index contributed by atoms with van der Waals surface area (Å²) >= 11 is 0. The van der Waals surface area contributed by atoms with E-state index in [-0.39, 0.29) is 11.3 Å². The number of nitro groups is 1. The molecule has 8 heteroatoms. The molecule has 144 valence electrons. The van der Waals surface area contributed by atoms with E-state index in [2.05, 4.69) is 15.3 Å². The zero-order valence-electron chi connectivity index (χ0n) is 15.4. The SMILES string of the molecule is COc1ccc(-c2nc3ccc(NC(=O)c4ccccc4[N+](=O)[O-])cc3[nH]2)cc1. The van der Waals surface area contributed by atoms with Crippen LogP contribution in [0.25, 0.3) is 22.4 Å². The molecule has 0 fully saturated rings. The highest BCUT2D eigenvalue weighted by Gasteiger charge is 2.19. The fourth-order valence-electron chi connectivity index (χ4n) is 3.00. The number of rotatable bonds is 5. The summed E-state index contributed by atoms with van der Waals surface area (Å²) in [4.78, 5) is 30.8. The molecule has 1 heterocycles. The van der Waals surface area contributed by atoms with Gasteiger partial charge in [0.2, 0.25) is 0 Å². The number of amides is 1. The smallest absolute Gasteiger partial charge is 0.282 e. The minimum Gasteiger partial charge on any atom is -0.497 e. The van der Waals surface area contributed by atoms with Gasteiger partial charge >= 0.3 is 0 Å². The Kier molecular flexibility index (Phi) is 4.66. The third-order valence-electron chi connectivity index (χ3n) is 4.45. The molecule has 0 spiro atoms. The minimum atomic E-state index is -0.575. The molecule has 3 aromatic carbocycles. The number of methoxy groups -OCH3 is 1. The van der Waals surface area contributed by atoms with Crippen LogP contribution in [-0.4, -0.2) is 27.9 Å². The number of para-hydroxylation sites is 1. The molecular formula is C21H16N4O4. The van der Waals surface area contributed by atoms with Gasteiger partial charge in [-0.3, -0.25) is 14.9 Å². The number of nitrogens with one attached hydrogen (secondary N) is 2. The topological polar surface area (TPSA) is 110 Å². The quantitative estimate of drug-likeness (QED) is 0.389. The normalized spacial score (nSPS) is 10.7. The maximum absolute atomic E-state index is 12.5. The number of hydrogen-bond donors (Lipinski definition) is 2. The lowest BCUT2D eigenvalue weighted by atomic mass is 10.1. The first-order chi connectivity index (χ1) is 14.0. The van der Waals surface area contributed by atoms with Crippen LogP contribution >= 0.6 is 0 Å².